The van der Waals surface area contributed by atoms with Crippen LogP contribution in [0.5, 0.6) is 0 Å². The summed E-state index contributed by atoms with van der Waals surface area (Å²) in [6.07, 6.45) is 1.75. The maximum atomic E-state index is 13.8. The Morgan fingerprint density at radius 3 is 2.64 bits per heavy atom. The average Bonchev–Trinajstić information content (AvgIpc) is 2.88. The zero-order valence-electron chi connectivity index (χ0n) is 12.1. The van der Waals surface area contributed by atoms with E-state index < -0.39 is 29.7 Å². The number of anilines is 1. The Bertz CT molecular complexity index is 618. The molecule has 1 aromatic carbocycles. The molecule has 1 aliphatic rings. The highest BCUT2D eigenvalue weighted by molar-refractivity contribution is 5.97. The summed E-state index contributed by atoms with van der Waals surface area (Å²) < 4.78 is 13.8. The van der Waals surface area contributed by atoms with E-state index in [0.717, 1.165) is 6.07 Å². The zero-order chi connectivity index (χ0) is 16.3. The van der Waals surface area contributed by atoms with Crippen LogP contribution in [0.4, 0.5) is 10.1 Å². The van der Waals surface area contributed by atoms with Gasteiger partial charge in [-0.25, -0.2) is 4.39 Å². The lowest BCUT2D eigenvalue weighted by molar-refractivity contribution is -0.142. The van der Waals surface area contributed by atoms with E-state index in [1.165, 1.54) is 19.1 Å². The van der Waals surface area contributed by atoms with Crippen molar-refractivity contribution in [3.63, 3.8) is 0 Å². The number of amides is 2. The molecule has 22 heavy (non-hydrogen) atoms. The fraction of sp³-hybridized carbons (Fsp3) is 0.400. The van der Waals surface area contributed by atoms with Gasteiger partial charge in [0.15, 0.2) is 0 Å². The van der Waals surface area contributed by atoms with Crippen molar-refractivity contribution in [1.29, 1.82) is 0 Å². The monoisotopic (exact) mass is 308 g/mol. The van der Waals surface area contributed by atoms with Crippen molar-refractivity contribution in [3.8, 4) is 0 Å². The van der Waals surface area contributed by atoms with Gasteiger partial charge in [-0.15, -0.1) is 0 Å². The molecule has 3 N–H and O–H groups in total. The number of hydrogen-bond donors (Lipinski definition) is 3. The second-order valence-electron chi connectivity index (χ2n) is 5.33. The van der Waals surface area contributed by atoms with Crippen molar-refractivity contribution >= 4 is 23.5 Å². The second kappa shape index (κ2) is 6.55. The normalized spacial score (nSPS) is 20.5. The Kier molecular flexibility index (Phi) is 4.75. The van der Waals surface area contributed by atoms with Crippen LogP contribution in [0.3, 0.4) is 0 Å². The van der Waals surface area contributed by atoms with Gasteiger partial charge in [-0.1, -0.05) is 6.42 Å². The number of nitrogens with one attached hydrogen (secondary N) is 2. The molecule has 1 fully saturated rings. The number of carbonyl (C=O) groups excluding carboxylic acids is 2. The molecule has 6 nitrogen and oxygen atoms in total. The highest BCUT2D eigenvalue weighted by Crippen LogP contribution is 2.26. The fourth-order valence-corrected chi connectivity index (χ4v) is 2.65. The topological polar surface area (TPSA) is 95.5 Å². The van der Waals surface area contributed by atoms with Gasteiger partial charge in [-0.2, -0.15) is 0 Å². The third-order valence-corrected chi connectivity index (χ3v) is 3.68. The third kappa shape index (κ3) is 3.60. The molecule has 0 heterocycles. The first-order valence-electron chi connectivity index (χ1n) is 6.99. The summed E-state index contributed by atoms with van der Waals surface area (Å²) in [6, 6.07) is 3.16. The highest BCUT2D eigenvalue weighted by Gasteiger charge is 2.34. The minimum atomic E-state index is -0.963. The van der Waals surface area contributed by atoms with E-state index in [0.29, 0.717) is 24.9 Å². The van der Waals surface area contributed by atoms with Gasteiger partial charge in [0.05, 0.1) is 11.5 Å². The van der Waals surface area contributed by atoms with Crippen molar-refractivity contribution in [1.82, 2.24) is 5.32 Å². The molecule has 7 heteroatoms. The molecule has 0 spiro atoms. The van der Waals surface area contributed by atoms with Crippen LogP contribution in [0.25, 0.3) is 0 Å². The molecule has 1 aromatic rings. The summed E-state index contributed by atoms with van der Waals surface area (Å²) in [5.74, 6) is -3.35. The average molecular weight is 308 g/mol. The van der Waals surface area contributed by atoms with Crippen LogP contribution < -0.4 is 10.6 Å². The Morgan fingerprint density at radius 2 is 2.00 bits per heavy atom. The van der Waals surface area contributed by atoms with E-state index in [-0.39, 0.29) is 11.5 Å². The lowest BCUT2D eigenvalue weighted by Gasteiger charge is -2.18. The summed E-state index contributed by atoms with van der Waals surface area (Å²) in [7, 11) is 0. The molecule has 0 aliphatic heterocycles. The van der Waals surface area contributed by atoms with Gasteiger partial charge in [0.2, 0.25) is 5.91 Å². The number of carboxylic acids is 1. The molecule has 2 atom stereocenters. The van der Waals surface area contributed by atoms with Crippen molar-refractivity contribution in [2.24, 2.45) is 5.92 Å². The van der Waals surface area contributed by atoms with E-state index in [1.54, 1.807) is 0 Å². The standard InChI is InChI=1S/C15H17FN2O4/c1-8(19)17-9-5-6-12(16)11(7-9)14(20)18-13-4-2-3-10(13)15(21)22/h5-7,10,13H,2-4H2,1H3,(H,17,19)(H,18,20)(H,21,22)/t10-,13+/m0/s1. The minimum absolute atomic E-state index is 0.220. The van der Waals surface area contributed by atoms with Gasteiger partial charge in [0.1, 0.15) is 5.82 Å². The van der Waals surface area contributed by atoms with Gasteiger partial charge in [0.25, 0.3) is 5.91 Å². The predicted octanol–water partition coefficient (Wildman–Crippen LogP) is 1.77. The summed E-state index contributed by atoms with van der Waals surface area (Å²) in [5.41, 5.74) is 0.0857. The van der Waals surface area contributed by atoms with E-state index in [4.69, 9.17) is 5.11 Å². The first-order chi connectivity index (χ1) is 10.4. The van der Waals surface area contributed by atoms with Gasteiger partial charge in [-0.3, -0.25) is 14.4 Å². The summed E-state index contributed by atoms with van der Waals surface area (Å²) in [4.78, 5) is 34.3. The molecule has 118 valence electrons. The van der Waals surface area contributed by atoms with Crippen LogP contribution in [0.2, 0.25) is 0 Å². The van der Waals surface area contributed by atoms with Gasteiger partial charge in [-0.05, 0) is 31.0 Å². The molecular formula is C15H17FN2O4. The molecule has 0 unspecified atom stereocenters. The molecule has 0 bridgehead atoms. The third-order valence-electron chi connectivity index (χ3n) is 3.68. The number of hydrogen-bond acceptors (Lipinski definition) is 3. The second-order valence-corrected chi connectivity index (χ2v) is 5.33. The summed E-state index contributed by atoms with van der Waals surface area (Å²) >= 11 is 0. The van der Waals surface area contributed by atoms with Crippen LogP contribution in [0.1, 0.15) is 36.5 Å². The highest BCUT2D eigenvalue weighted by atomic mass is 19.1. The molecule has 1 saturated carbocycles. The molecular weight excluding hydrogens is 291 g/mol. The number of aliphatic carboxylic acids is 1. The maximum absolute atomic E-state index is 13.8. The Balaban J connectivity index is 2.15. The Labute approximate surface area is 126 Å². The number of benzene rings is 1. The van der Waals surface area contributed by atoms with Crippen LogP contribution in [0, 0.1) is 11.7 Å². The quantitative estimate of drug-likeness (QED) is 0.790. The van der Waals surface area contributed by atoms with Crippen LogP contribution in [-0.2, 0) is 9.59 Å². The van der Waals surface area contributed by atoms with Crippen LogP contribution in [0.15, 0.2) is 18.2 Å². The predicted molar refractivity (Wildman–Crippen MR) is 76.9 cm³/mol. The first kappa shape index (κ1) is 15.9. The van der Waals surface area contributed by atoms with Crippen molar-refractivity contribution in [2.45, 2.75) is 32.2 Å². The summed E-state index contributed by atoms with van der Waals surface area (Å²) in [6.45, 7) is 1.30. The van der Waals surface area contributed by atoms with Gasteiger partial charge in [0, 0.05) is 18.7 Å². The van der Waals surface area contributed by atoms with Crippen molar-refractivity contribution in [3.05, 3.63) is 29.6 Å². The maximum Gasteiger partial charge on any atom is 0.308 e. The molecule has 1 aliphatic carbocycles. The largest absolute Gasteiger partial charge is 0.481 e. The van der Waals surface area contributed by atoms with E-state index in [2.05, 4.69) is 10.6 Å². The van der Waals surface area contributed by atoms with E-state index in [1.807, 2.05) is 0 Å². The fourth-order valence-electron chi connectivity index (χ4n) is 2.65. The van der Waals surface area contributed by atoms with Gasteiger partial charge >= 0.3 is 5.97 Å². The van der Waals surface area contributed by atoms with E-state index in [9.17, 15) is 18.8 Å². The molecule has 2 rings (SSSR count). The smallest absolute Gasteiger partial charge is 0.308 e. The lowest BCUT2D eigenvalue weighted by Crippen LogP contribution is -2.40. The SMILES string of the molecule is CC(=O)Nc1ccc(F)c(C(=O)N[C@@H]2CCC[C@@H]2C(=O)O)c1. The zero-order valence-corrected chi connectivity index (χ0v) is 12.1. The Morgan fingerprint density at radius 1 is 1.27 bits per heavy atom. The Hall–Kier alpha value is -2.44. The van der Waals surface area contributed by atoms with Crippen LogP contribution in [-0.4, -0.2) is 28.9 Å². The first-order valence-corrected chi connectivity index (χ1v) is 6.99. The molecule has 0 radical (unpaired) electrons. The van der Waals surface area contributed by atoms with Crippen molar-refractivity contribution < 1.29 is 23.9 Å². The van der Waals surface area contributed by atoms with Gasteiger partial charge < -0.3 is 15.7 Å². The minimum Gasteiger partial charge on any atom is -0.481 e. The molecule has 0 aromatic heterocycles. The van der Waals surface area contributed by atoms with Crippen molar-refractivity contribution in [2.75, 3.05) is 5.32 Å². The lowest BCUT2D eigenvalue weighted by atomic mass is 10.0. The van der Waals surface area contributed by atoms with E-state index >= 15 is 0 Å². The molecule has 2 amide bonds. The number of carbonyl (C=O) groups is 3. The number of carboxylic acid groups (broad SMARTS) is 1. The number of rotatable bonds is 4. The molecule has 0 saturated heterocycles. The number of halogens is 1. The van der Waals surface area contributed by atoms with Crippen LogP contribution >= 0.6 is 0 Å². The summed E-state index contributed by atoms with van der Waals surface area (Å²) in [5, 5.41) is 14.1.